The molecule has 0 spiro atoms. The van der Waals surface area contributed by atoms with Crippen molar-refractivity contribution < 1.29 is 38.1 Å². The van der Waals surface area contributed by atoms with Gasteiger partial charge in [0.05, 0.1) is 33.0 Å². The molecule has 0 bridgehead atoms. The van der Waals surface area contributed by atoms with Gasteiger partial charge < -0.3 is 33.5 Å². The Morgan fingerprint density at radius 3 is 1.91 bits per heavy atom. The minimum Gasteiger partial charge on any atom is -0.493 e. The number of rotatable bonds is 22. The first kappa shape index (κ1) is 67.8. The molecule has 2 saturated carbocycles. The monoisotopic (exact) mass is 1250 g/mol. The maximum atomic E-state index is 14.1. The van der Waals surface area contributed by atoms with Crippen LogP contribution >= 0.6 is 0 Å². The highest BCUT2D eigenvalue weighted by molar-refractivity contribution is 6.05. The van der Waals surface area contributed by atoms with Gasteiger partial charge in [0, 0.05) is 49.3 Å². The second-order valence-corrected chi connectivity index (χ2v) is 26.4. The zero-order valence-electron chi connectivity index (χ0n) is 55.7. The minimum absolute atomic E-state index is 0.0143. The molecule has 3 fully saturated rings. The van der Waals surface area contributed by atoms with Crippen molar-refractivity contribution in [2.24, 2.45) is 41.4 Å². The van der Waals surface area contributed by atoms with Gasteiger partial charge in [-0.2, -0.15) is 0 Å². The maximum Gasteiger partial charge on any atom is 0.416 e. The number of esters is 1. The van der Waals surface area contributed by atoms with Gasteiger partial charge in [-0.15, -0.1) is 13.2 Å². The number of aryl methyl sites for hydroxylation is 3. The molecule has 92 heavy (non-hydrogen) atoms. The predicted molar refractivity (Wildman–Crippen MR) is 361 cm³/mol. The number of carbonyl (C=O) groups is 3. The molecule has 2 aliphatic carbocycles. The number of unbranched alkanes of at least 4 members (excludes halogenated alkanes) is 5. The molecule has 10 rings (SSSR count). The molecule has 3 aromatic carbocycles. The van der Waals surface area contributed by atoms with Crippen LogP contribution in [0.25, 0.3) is 43.8 Å². The van der Waals surface area contributed by atoms with Gasteiger partial charge in [0.1, 0.15) is 23.1 Å². The number of ether oxygens (including phenoxy) is 5. The van der Waals surface area contributed by atoms with Gasteiger partial charge in [0.2, 0.25) is 11.8 Å². The molecule has 2 N–H and O–H groups in total. The highest BCUT2D eigenvalue weighted by atomic mass is 16.6. The highest BCUT2D eigenvalue weighted by Gasteiger charge is 2.39. The lowest BCUT2D eigenvalue weighted by Crippen LogP contribution is -2.42. The summed E-state index contributed by atoms with van der Waals surface area (Å²) >= 11 is 0. The zero-order chi connectivity index (χ0) is 65.8. The number of fused-ring (bicyclic) bond motifs is 2. The van der Waals surface area contributed by atoms with Crippen molar-refractivity contribution in [1.82, 2.24) is 39.0 Å². The van der Waals surface area contributed by atoms with Crippen LogP contribution in [0.2, 0.25) is 0 Å². The number of benzene rings is 3. The summed E-state index contributed by atoms with van der Waals surface area (Å²) in [4.78, 5) is 61.0. The Kier molecular flexibility index (Phi) is 22.9. The Morgan fingerprint density at radius 2 is 1.27 bits per heavy atom. The van der Waals surface area contributed by atoms with Gasteiger partial charge >= 0.3 is 18.2 Å². The SMILES string of the molecule is [C-]#[N+]c1c(C(=O)OC2C(C)CC(C)CC2C)c2nc(-c3ccc(C)c(Cc4cc(C)ccc4OCCCCCCCC)c3)[nH]n2c1OC(=O)N1CCOCC1.[C-]#[N+]c1c(CC2C(C)CC(C)CC2C)c2nc(-c3ccc(C)cc3)[nH]n2c1OC(=O)N(CC=C)CC=C. The fourth-order valence-corrected chi connectivity index (χ4v) is 14.1. The molecule has 4 atom stereocenters. The van der Waals surface area contributed by atoms with E-state index in [4.69, 9.17) is 46.8 Å². The second kappa shape index (κ2) is 31.1. The molecule has 3 aliphatic rings. The quantitative estimate of drug-likeness (QED) is 0.0287. The smallest absolute Gasteiger partial charge is 0.416 e. The molecule has 18 nitrogen and oxygen atoms in total. The molecular weight excluding hydrogens is 1160 g/mol. The summed E-state index contributed by atoms with van der Waals surface area (Å²) in [5, 5.41) is 6.55. The van der Waals surface area contributed by atoms with E-state index in [0.717, 1.165) is 75.9 Å². The van der Waals surface area contributed by atoms with E-state index in [2.05, 4.69) is 126 Å². The van der Waals surface area contributed by atoms with E-state index in [0.29, 0.717) is 105 Å². The van der Waals surface area contributed by atoms with Gasteiger partial charge in [-0.05, 0) is 130 Å². The third kappa shape index (κ3) is 15.8. The molecule has 18 heteroatoms. The Labute approximate surface area is 543 Å². The van der Waals surface area contributed by atoms with Crippen molar-refractivity contribution in [2.75, 3.05) is 46.0 Å². The van der Waals surface area contributed by atoms with Crippen molar-refractivity contribution in [1.29, 1.82) is 0 Å². The molecule has 488 valence electrons. The molecule has 4 aromatic heterocycles. The molecule has 1 aliphatic heterocycles. The topological polar surface area (TPSA) is 179 Å². The van der Waals surface area contributed by atoms with Crippen molar-refractivity contribution in [3.8, 4) is 40.3 Å². The summed E-state index contributed by atoms with van der Waals surface area (Å²) < 4.78 is 32.9. The predicted octanol–water partition coefficient (Wildman–Crippen LogP) is 17.1. The summed E-state index contributed by atoms with van der Waals surface area (Å²) in [6, 6.07) is 20.6. The van der Waals surface area contributed by atoms with Gasteiger partial charge in [-0.1, -0.05) is 152 Å². The Bertz CT molecular complexity index is 3780. The van der Waals surface area contributed by atoms with Crippen LogP contribution in [0, 0.1) is 75.3 Å². The van der Waals surface area contributed by atoms with Crippen LogP contribution in [0.15, 0.2) is 86.0 Å². The van der Waals surface area contributed by atoms with Gasteiger partial charge in [-0.3, -0.25) is 10.2 Å². The number of nitrogens with one attached hydrogen (secondary N) is 2. The summed E-state index contributed by atoms with van der Waals surface area (Å²) in [6.07, 6.45) is 14.6. The molecular formula is C74H94N10O8. The Balaban J connectivity index is 0.000000235. The van der Waals surface area contributed by atoms with E-state index in [1.165, 1.54) is 59.3 Å². The van der Waals surface area contributed by atoms with Crippen LogP contribution < -0.4 is 14.2 Å². The average molecular weight is 1250 g/mol. The summed E-state index contributed by atoms with van der Waals surface area (Å²) in [5.41, 5.74) is 9.24. The van der Waals surface area contributed by atoms with E-state index in [9.17, 15) is 14.4 Å². The number of aromatic nitrogens is 6. The first-order valence-corrected chi connectivity index (χ1v) is 33.2. The molecule has 7 aromatic rings. The van der Waals surface area contributed by atoms with Crippen molar-refractivity contribution in [2.45, 2.75) is 152 Å². The summed E-state index contributed by atoms with van der Waals surface area (Å²) in [7, 11) is 0. The first-order chi connectivity index (χ1) is 44.3. The number of morpholine rings is 1. The lowest BCUT2D eigenvalue weighted by molar-refractivity contribution is -0.0249. The van der Waals surface area contributed by atoms with Crippen LogP contribution in [0.5, 0.6) is 17.5 Å². The third-order valence-corrected chi connectivity index (χ3v) is 18.8. The van der Waals surface area contributed by atoms with Gasteiger partial charge in [0.25, 0.3) is 11.4 Å². The molecule has 0 radical (unpaired) electrons. The first-order valence-electron chi connectivity index (χ1n) is 33.2. The van der Waals surface area contributed by atoms with E-state index in [1.807, 2.05) is 37.3 Å². The van der Waals surface area contributed by atoms with E-state index in [1.54, 1.807) is 16.7 Å². The second-order valence-electron chi connectivity index (χ2n) is 26.4. The van der Waals surface area contributed by atoms with E-state index in [-0.39, 0.29) is 46.6 Å². The highest BCUT2D eigenvalue weighted by Crippen LogP contribution is 2.46. The number of hydrogen-bond acceptors (Lipinski definition) is 10. The number of H-pyrrole nitrogens is 2. The van der Waals surface area contributed by atoms with Crippen molar-refractivity contribution in [3.05, 3.63) is 148 Å². The summed E-state index contributed by atoms with van der Waals surface area (Å²) in [6.45, 7) is 48.3. The lowest BCUT2D eigenvalue weighted by atomic mass is 9.67. The number of nitrogens with zero attached hydrogens (tertiary/aromatic N) is 8. The van der Waals surface area contributed by atoms with E-state index < -0.39 is 18.2 Å². The normalized spacial score (nSPS) is 20.5. The van der Waals surface area contributed by atoms with Crippen molar-refractivity contribution >= 4 is 40.8 Å². The standard InChI is InChI=1S/C44H57N5O6.C30H37N5O2/c1-8-9-10-11-12-13-20-53-36-17-14-28(2)25-35(36)27-34-26-33(16-15-30(34)4)40-46-41-37(43(50)54-39-31(5)23-29(3)24-32(39)6)38(45-7)42(49(41)47-40)55-44(51)48-18-21-52-22-19-48;1-8-14-34(15-9-2)30(36)37-29-26(31-7)25(18-24-21(5)16-20(4)17-22(24)6)28-32-27(33-35(28)29)23-12-10-19(3)11-13-23/h14-17,25-26,29,31-32,39H,8-13,18-24,27H2,1-6H3,(H,46,47);8-13,20-22,24H,1-2,14-18H2,3-6H3,(H,32,33). The Morgan fingerprint density at radius 1 is 0.696 bits per heavy atom. The van der Waals surface area contributed by atoms with Crippen molar-refractivity contribution in [3.63, 3.8) is 0 Å². The van der Waals surface area contributed by atoms with Crippen LogP contribution in [-0.2, 0) is 22.3 Å². The van der Waals surface area contributed by atoms with Gasteiger partial charge in [-0.25, -0.2) is 43.1 Å². The van der Waals surface area contributed by atoms with Gasteiger partial charge in [0.15, 0.2) is 17.3 Å². The van der Waals surface area contributed by atoms with Crippen LogP contribution in [0.3, 0.4) is 0 Å². The molecule has 1 saturated heterocycles. The molecule has 5 heterocycles. The maximum absolute atomic E-state index is 14.1. The number of hydrogen-bond donors (Lipinski definition) is 2. The number of carbonyl (C=O) groups excluding carboxylic acids is 3. The summed E-state index contributed by atoms with van der Waals surface area (Å²) in [5.74, 6) is 4.50. The average Bonchev–Trinajstić information content (AvgIpc) is 1.60. The zero-order valence-corrected chi connectivity index (χ0v) is 55.7. The third-order valence-electron chi connectivity index (χ3n) is 18.8. The fourth-order valence-electron chi connectivity index (χ4n) is 14.1. The Hall–Kier alpha value is -8.61. The number of aromatic amines is 2. The molecule has 4 unspecified atom stereocenters. The lowest BCUT2D eigenvalue weighted by Gasteiger charge is -2.38. The van der Waals surface area contributed by atoms with Crippen LogP contribution in [-0.4, -0.2) is 109 Å². The van der Waals surface area contributed by atoms with E-state index >= 15 is 0 Å². The largest absolute Gasteiger partial charge is 0.493 e. The molecule has 2 amide bonds. The number of amides is 2. The van der Waals surface area contributed by atoms with Crippen LogP contribution in [0.1, 0.15) is 156 Å². The van der Waals surface area contributed by atoms with Crippen LogP contribution in [0.4, 0.5) is 21.0 Å². The minimum atomic E-state index is -0.647. The fraction of sp³-hybridized carbons (Fsp3) is 0.500.